The number of nitrogens with zero attached hydrogens (tertiary/aromatic N) is 7. The van der Waals surface area contributed by atoms with Gasteiger partial charge in [0.2, 0.25) is 0 Å². The quantitative estimate of drug-likeness (QED) is 0.0445. The highest BCUT2D eigenvalue weighted by Crippen LogP contribution is 2.13. The second-order valence-corrected chi connectivity index (χ2v) is 9.08. The number of hydrogen-bond donors (Lipinski definition) is 1. The van der Waals surface area contributed by atoms with Gasteiger partial charge in [-0.25, -0.2) is 4.79 Å². The molecule has 0 aliphatic carbocycles. The lowest BCUT2D eigenvalue weighted by Gasteiger charge is -2.12. The standard InChI is InChI=1S/C15H22N4O7.C11H19N3O5/c16-18-17-7-9-25-11-10-24-8-1-2-12(20)3-6-15(23)26-19-13(21)4-5-14(19)22;12-14-13-5-7-19-9-8-18-6-1-2-10(15)3-4-11(16)17/h1-11H2;1-9H2,(H,16,17). The van der Waals surface area contributed by atoms with E-state index in [1.807, 2.05) is 0 Å². The Bertz CT molecular complexity index is 1010. The molecule has 0 aromatic carbocycles. The largest absolute Gasteiger partial charge is 0.481 e. The molecule has 0 saturated carbocycles. The van der Waals surface area contributed by atoms with E-state index in [0.29, 0.717) is 83.7 Å². The summed E-state index contributed by atoms with van der Waals surface area (Å²) in [7, 11) is 0. The summed E-state index contributed by atoms with van der Waals surface area (Å²) in [5.41, 5.74) is 16.1. The Kier molecular flexibility index (Phi) is 26.0. The zero-order valence-electron chi connectivity index (χ0n) is 25.2. The van der Waals surface area contributed by atoms with Crippen molar-refractivity contribution in [1.29, 1.82) is 0 Å². The Morgan fingerprint density at radius 1 is 0.644 bits per heavy atom. The minimum atomic E-state index is -0.956. The van der Waals surface area contributed by atoms with Gasteiger partial charge in [0, 0.05) is 74.7 Å². The van der Waals surface area contributed by atoms with Crippen LogP contribution in [0.15, 0.2) is 10.2 Å². The summed E-state index contributed by atoms with van der Waals surface area (Å²) in [5, 5.41) is 15.5. The van der Waals surface area contributed by atoms with Crippen molar-refractivity contribution in [2.75, 3.05) is 65.9 Å². The molecule has 1 rings (SSSR count). The number of aliphatic carboxylic acids is 1. The molecular formula is C26H41N7O12. The number of carbonyl (C=O) groups excluding carboxylic acids is 5. The second-order valence-electron chi connectivity index (χ2n) is 9.08. The third-order valence-electron chi connectivity index (χ3n) is 5.45. The summed E-state index contributed by atoms with van der Waals surface area (Å²) < 4.78 is 20.7. The van der Waals surface area contributed by atoms with Crippen molar-refractivity contribution < 1.29 is 57.7 Å². The van der Waals surface area contributed by atoms with Crippen molar-refractivity contribution in [3.8, 4) is 0 Å². The van der Waals surface area contributed by atoms with Gasteiger partial charge in [-0.15, -0.1) is 5.06 Å². The smallest absolute Gasteiger partial charge is 0.333 e. The van der Waals surface area contributed by atoms with Crippen LogP contribution >= 0.6 is 0 Å². The first kappa shape index (κ1) is 40.9. The SMILES string of the molecule is [N-]=[N+]=NCCOCCOCCCC(=O)CCC(=O)O.[N-]=[N+]=NCCOCCOCCCC(=O)CCC(=O)ON1C(=O)CCC1=O. The van der Waals surface area contributed by atoms with Gasteiger partial charge in [-0.3, -0.25) is 24.0 Å². The van der Waals surface area contributed by atoms with Gasteiger partial charge in [-0.1, -0.05) is 10.2 Å². The number of azide groups is 2. The lowest BCUT2D eigenvalue weighted by molar-refractivity contribution is -0.197. The monoisotopic (exact) mass is 643 g/mol. The molecule has 1 heterocycles. The highest BCUT2D eigenvalue weighted by Gasteiger charge is 2.32. The Labute approximate surface area is 259 Å². The Balaban J connectivity index is 0.000000907. The van der Waals surface area contributed by atoms with E-state index in [0.717, 1.165) is 0 Å². The maximum atomic E-state index is 11.7. The summed E-state index contributed by atoms with van der Waals surface area (Å²) in [6.07, 6.45) is 1.52. The molecule has 1 aliphatic heterocycles. The van der Waals surface area contributed by atoms with Crippen molar-refractivity contribution in [2.45, 2.75) is 64.2 Å². The van der Waals surface area contributed by atoms with E-state index in [4.69, 9.17) is 35.1 Å². The number of carboxylic acid groups (broad SMARTS) is 1. The molecule has 1 aliphatic rings. The van der Waals surface area contributed by atoms with Crippen LogP contribution in [0.25, 0.3) is 20.9 Å². The lowest BCUT2D eigenvalue weighted by Crippen LogP contribution is -2.32. The average molecular weight is 644 g/mol. The Morgan fingerprint density at radius 3 is 1.49 bits per heavy atom. The van der Waals surface area contributed by atoms with E-state index in [-0.39, 0.29) is 63.1 Å². The minimum absolute atomic E-state index is 0.0163. The molecule has 0 radical (unpaired) electrons. The molecule has 1 fully saturated rings. The first-order valence-electron chi connectivity index (χ1n) is 14.4. The van der Waals surface area contributed by atoms with Crippen LogP contribution < -0.4 is 0 Å². The van der Waals surface area contributed by atoms with Gasteiger partial charge in [0.05, 0.1) is 52.5 Å². The fourth-order valence-electron chi connectivity index (χ4n) is 3.23. The summed E-state index contributed by atoms with van der Waals surface area (Å²) >= 11 is 0. The number of rotatable bonds is 27. The van der Waals surface area contributed by atoms with E-state index in [2.05, 4.69) is 24.9 Å². The van der Waals surface area contributed by atoms with Crippen molar-refractivity contribution in [2.24, 2.45) is 10.2 Å². The molecule has 0 bridgehead atoms. The molecule has 0 atom stereocenters. The number of hydroxylamine groups is 2. The van der Waals surface area contributed by atoms with Crippen LogP contribution in [0.4, 0.5) is 0 Å². The average Bonchev–Trinajstić information content (AvgIpc) is 3.33. The number of imide groups is 1. The van der Waals surface area contributed by atoms with Crippen molar-refractivity contribution in [3.05, 3.63) is 20.9 Å². The fourth-order valence-corrected chi connectivity index (χ4v) is 3.23. The zero-order chi connectivity index (χ0) is 33.5. The van der Waals surface area contributed by atoms with Gasteiger partial charge >= 0.3 is 11.9 Å². The van der Waals surface area contributed by atoms with Crippen LogP contribution in [-0.2, 0) is 52.6 Å². The van der Waals surface area contributed by atoms with Gasteiger partial charge in [-0.2, -0.15) is 0 Å². The normalized spacial score (nSPS) is 12.0. The maximum absolute atomic E-state index is 11.7. The van der Waals surface area contributed by atoms with Crippen LogP contribution in [0, 0.1) is 0 Å². The molecule has 19 nitrogen and oxygen atoms in total. The van der Waals surface area contributed by atoms with E-state index < -0.39 is 23.8 Å². The number of carboxylic acids is 1. The number of hydrogen-bond acceptors (Lipinski definition) is 13. The van der Waals surface area contributed by atoms with Gasteiger partial charge < -0.3 is 28.9 Å². The highest BCUT2D eigenvalue weighted by molar-refractivity contribution is 6.01. The van der Waals surface area contributed by atoms with Gasteiger partial charge in [0.15, 0.2) is 0 Å². The van der Waals surface area contributed by atoms with Gasteiger partial charge in [-0.05, 0) is 23.9 Å². The third kappa shape index (κ3) is 26.0. The van der Waals surface area contributed by atoms with Crippen molar-refractivity contribution in [1.82, 2.24) is 5.06 Å². The van der Waals surface area contributed by atoms with Crippen LogP contribution in [0.2, 0.25) is 0 Å². The van der Waals surface area contributed by atoms with Crippen LogP contribution in [0.3, 0.4) is 0 Å². The number of Topliss-reactive ketones (excluding diaryl/α,β-unsaturated/α-hetero) is 2. The number of amides is 2. The number of carbonyl (C=O) groups is 6. The molecule has 45 heavy (non-hydrogen) atoms. The zero-order valence-corrected chi connectivity index (χ0v) is 25.2. The lowest BCUT2D eigenvalue weighted by atomic mass is 10.1. The minimum Gasteiger partial charge on any atom is -0.481 e. The van der Waals surface area contributed by atoms with Gasteiger partial charge in [0.1, 0.15) is 11.6 Å². The molecule has 252 valence electrons. The van der Waals surface area contributed by atoms with Crippen LogP contribution in [0.5, 0.6) is 0 Å². The summed E-state index contributed by atoms with van der Waals surface area (Å²) in [4.78, 5) is 77.1. The predicted molar refractivity (Wildman–Crippen MR) is 153 cm³/mol. The maximum Gasteiger partial charge on any atom is 0.333 e. The first-order valence-corrected chi connectivity index (χ1v) is 14.4. The van der Waals surface area contributed by atoms with E-state index in [1.54, 1.807) is 0 Å². The van der Waals surface area contributed by atoms with Gasteiger partial charge in [0.25, 0.3) is 11.8 Å². The van der Waals surface area contributed by atoms with Crippen molar-refractivity contribution in [3.63, 3.8) is 0 Å². The van der Waals surface area contributed by atoms with E-state index in [9.17, 15) is 28.8 Å². The van der Waals surface area contributed by atoms with Crippen molar-refractivity contribution >= 4 is 35.3 Å². The van der Waals surface area contributed by atoms with Crippen LogP contribution in [-0.4, -0.2) is 111 Å². The van der Waals surface area contributed by atoms with Crippen LogP contribution in [0.1, 0.15) is 64.2 Å². The third-order valence-corrected chi connectivity index (χ3v) is 5.45. The van der Waals surface area contributed by atoms with E-state index >= 15 is 0 Å². The summed E-state index contributed by atoms with van der Waals surface area (Å²) in [6.45, 7) is 3.65. The fraction of sp³-hybridized carbons (Fsp3) is 0.769. The summed E-state index contributed by atoms with van der Waals surface area (Å²) in [6, 6.07) is 0. The second kappa shape index (κ2) is 28.6. The molecule has 2 amide bonds. The molecule has 0 aromatic heterocycles. The number of ketones is 2. The molecule has 19 heteroatoms. The predicted octanol–water partition coefficient (Wildman–Crippen LogP) is 2.61. The molecular weight excluding hydrogens is 602 g/mol. The highest BCUT2D eigenvalue weighted by atomic mass is 16.7. The summed E-state index contributed by atoms with van der Waals surface area (Å²) in [5.74, 6) is -3.02. The topological polar surface area (TPSA) is 270 Å². The molecule has 0 spiro atoms. The number of ether oxygens (including phenoxy) is 4. The first-order chi connectivity index (χ1) is 21.7. The molecule has 1 N–H and O–H groups in total. The Hall–Kier alpha value is -4.12. The molecule has 0 aromatic rings. The Morgan fingerprint density at radius 2 is 1.07 bits per heavy atom. The molecule has 1 saturated heterocycles. The molecule has 0 unspecified atom stereocenters. The van der Waals surface area contributed by atoms with E-state index in [1.165, 1.54) is 0 Å².